The van der Waals surface area contributed by atoms with Crippen molar-refractivity contribution in [1.82, 2.24) is 4.31 Å². The van der Waals surface area contributed by atoms with Gasteiger partial charge in [-0.15, -0.1) is 0 Å². The molecule has 3 N–H and O–H groups in total. The number of nitro benzene ring substituents is 1. The third-order valence-corrected chi connectivity index (χ3v) is 4.36. The minimum atomic E-state index is -4.64. The maximum atomic E-state index is 13.9. The Bertz CT molecular complexity index is 653. The normalized spacial score (nSPS) is 12.0. The number of benzene rings is 1. The smallest absolute Gasteiger partial charge is 0.274 e. The van der Waals surface area contributed by atoms with Crippen molar-refractivity contribution in [3.8, 4) is 0 Å². The molecule has 0 amide bonds. The zero-order valence-electron chi connectivity index (χ0n) is 10.6. The number of nitro groups is 1. The number of hydrogen-bond donors (Lipinski definition) is 2. The van der Waals surface area contributed by atoms with E-state index in [0.29, 0.717) is 12.1 Å². The average molecular weight is 328 g/mol. The first-order valence-electron chi connectivity index (χ1n) is 5.30. The Morgan fingerprint density at radius 2 is 2.05 bits per heavy atom. The van der Waals surface area contributed by atoms with Crippen LogP contribution in [0.1, 0.15) is 0 Å². The molecule has 0 spiro atoms. The van der Waals surface area contributed by atoms with Crippen LogP contribution in [-0.4, -0.2) is 37.7 Å². The number of nitrogen functional groups attached to an aromatic ring is 1. The number of halogens is 3. The summed E-state index contributed by atoms with van der Waals surface area (Å²) in [5.41, 5.74) is 0.460. The Balaban J connectivity index is 3.45. The second kappa shape index (κ2) is 6.24. The predicted octanol–water partition coefficient (Wildman–Crippen LogP) is 0.905. The van der Waals surface area contributed by atoms with Crippen LogP contribution < -0.4 is 11.3 Å². The molecule has 8 nitrogen and oxygen atoms in total. The topological polar surface area (TPSA) is 119 Å². The third kappa shape index (κ3) is 3.59. The maximum absolute atomic E-state index is 13.9. The van der Waals surface area contributed by atoms with Crippen LogP contribution in [-0.2, 0) is 10.0 Å². The summed E-state index contributed by atoms with van der Waals surface area (Å²) in [5.74, 6) is 3.54. The predicted molar refractivity (Wildman–Crippen MR) is 66.7 cm³/mol. The van der Waals surface area contributed by atoms with E-state index in [-0.39, 0.29) is 4.31 Å². The number of non-ortho nitro benzene ring substituents is 1. The SMILES string of the molecule is CN(CC(F)F)S(=O)(=O)c1c(F)cc([N+](=O)[O-])cc1NN. The van der Waals surface area contributed by atoms with Crippen LogP contribution in [0.5, 0.6) is 0 Å². The Morgan fingerprint density at radius 3 is 2.48 bits per heavy atom. The number of anilines is 1. The molecule has 0 heterocycles. The van der Waals surface area contributed by atoms with Crippen LogP contribution in [0.25, 0.3) is 0 Å². The van der Waals surface area contributed by atoms with Gasteiger partial charge in [0.15, 0.2) is 5.82 Å². The molecule has 0 saturated carbocycles. The quantitative estimate of drug-likeness (QED) is 0.455. The van der Waals surface area contributed by atoms with Gasteiger partial charge in [-0.25, -0.2) is 21.6 Å². The molecule has 0 aliphatic rings. The van der Waals surface area contributed by atoms with Gasteiger partial charge in [0, 0.05) is 13.1 Å². The van der Waals surface area contributed by atoms with Crippen molar-refractivity contribution in [3.05, 3.63) is 28.1 Å². The molecule has 0 bridgehead atoms. The Labute approximate surface area is 117 Å². The van der Waals surface area contributed by atoms with E-state index in [0.717, 1.165) is 7.05 Å². The van der Waals surface area contributed by atoms with Gasteiger partial charge in [0.05, 0.1) is 23.2 Å². The van der Waals surface area contributed by atoms with Crippen molar-refractivity contribution in [3.63, 3.8) is 0 Å². The molecule has 1 aromatic rings. The van der Waals surface area contributed by atoms with Gasteiger partial charge in [-0.05, 0) is 0 Å². The van der Waals surface area contributed by atoms with Crippen LogP contribution in [0, 0.1) is 15.9 Å². The van der Waals surface area contributed by atoms with Crippen molar-refractivity contribution < 1.29 is 26.5 Å². The van der Waals surface area contributed by atoms with Gasteiger partial charge >= 0.3 is 0 Å². The lowest BCUT2D eigenvalue weighted by Crippen LogP contribution is -2.32. The standard InChI is InChI=1S/C9H11F3N4O4S/c1-15(4-8(11)12)21(19,20)9-6(10)2-5(16(17)18)3-7(9)14-13/h2-3,8,14H,4,13H2,1H3. The van der Waals surface area contributed by atoms with E-state index in [1.165, 1.54) is 0 Å². The summed E-state index contributed by atoms with van der Waals surface area (Å²) in [6.07, 6.45) is -2.97. The van der Waals surface area contributed by atoms with E-state index >= 15 is 0 Å². The summed E-state index contributed by atoms with van der Waals surface area (Å²) in [6.45, 7) is -1.16. The molecule has 0 atom stereocenters. The Hall–Kier alpha value is -1.92. The summed E-state index contributed by atoms with van der Waals surface area (Å²) in [6, 6.07) is 1.05. The maximum Gasteiger partial charge on any atom is 0.274 e. The molecule has 1 rings (SSSR count). The zero-order valence-corrected chi connectivity index (χ0v) is 11.4. The Morgan fingerprint density at radius 1 is 1.48 bits per heavy atom. The molecular formula is C9H11F3N4O4S. The van der Waals surface area contributed by atoms with Gasteiger partial charge in [-0.3, -0.25) is 16.0 Å². The van der Waals surface area contributed by atoms with Crippen LogP contribution in [0.4, 0.5) is 24.5 Å². The first-order chi connectivity index (χ1) is 9.61. The number of nitrogens with zero attached hydrogens (tertiary/aromatic N) is 2. The number of hydrogen-bond acceptors (Lipinski definition) is 6. The van der Waals surface area contributed by atoms with E-state index in [4.69, 9.17) is 5.84 Å². The first kappa shape index (κ1) is 17.1. The largest absolute Gasteiger partial charge is 0.323 e. The van der Waals surface area contributed by atoms with E-state index < -0.39 is 50.0 Å². The molecule has 0 saturated heterocycles. The summed E-state index contributed by atoms with van der Waals surface area (Å²) >= 11 is 0. The summed E-state index contributed by atoms with van der Waals surface area (Å²) in [5, 5.41) is 10.6. The molecule has 0 unspecified atom stereocenters. The molecular weight excluding hydrogens is 317 g/mol. The van der Waals surface area contributed by atoms with Crippen molar-refractivity contribution in [2.45, 2.75) is 11.3 Å². The fourth-order valence-corrected chi connectivity index (χ4v) is 2.82. The fourth-order valence-electron chi connectivity index (χ4n) is 1.50. The lowest BCUT2D eigenvalue weighted by atomic mass is 10.3. The zero-order chi connectivity index (χ0) is 16.4. The highest BCUT2D eigenvalue weighted by atomic mass is 32.2. The lowest BCUT2D eigenvalue weighted by Gasteiger charge is -2.19. The van der Waals surface area contributed by atoms with Gasteiger partial charge in [0.25, 0.3) is 12.1 Å². The molecule has 12 heteroatoms. The van der Waals surface area contributed by atoms with Crippen LogP contribution in [0.15, 0.2) is 17.0 Å². The van der Waals surface area contributed by atoms with Gasteiger partial charge in [0.2, 0.25) is 10.0 Å². The highest BCUT2D eigenvalue weighted by Crippen LogP contribution is 2.31. The van der Waals surface area contributed by atoms with Crippen LogP contribution in [0.2, 0.25) is 0 Å². The van der Waals surface area contributed by atoms with Crippen molar-refractivity contribution in [2.75, 3.05) is 19.0 Å². The molecule has 0 aromatic heterocycles. The number of nitrogens with one attached hydrogen (secondary N) is 1. The van der Waals surface area contributed by atoms with Crippen LogP contribution >= 0.6 is 0 Å². The molecule has 0 aliphatic heterocycles. The molecule has 118 valence electrons. The van der Waals surface area contributed by atoms with Crippen LogP contribution in [0.3, 0.4) is 0 Å². The van der Waals surface area contributed by atoms with E-state index in [2.05, 4.69) is 0 Å². The summed E-state index contributed by atoms with van der Waals surface area (Å²) in [4.78, 5) is 8.57. The van der Waals surface area contributed by atoms with E-state index in [1.54, 1.807) is 0 Å². The second-order valence-corrected chi connectivity index (χ2v) is 5.86. The van der Waals surface area contributed by atoms with E-state index in [9.17, 15) is 31.7 Å². The monoisotopic (exact) mass is 328 g/mol. The molecule has 0 fully saturated rings. The number of hydrazine groups is 1. The first-order valence-corrected chi connectivity index (χ1v) is 6.74. The fraction of sp³-hybridized carbons (Fsp3) is 0.333. The molecule has 21 heavy (non-hydrogen) atoms. The molecule has 0 aliphatic carbocycles. The minimum Gasteiger partial charge on any atom is -0.323 e. The van der Waals surface area contributed by atoms with Crippen molar-refractivity contribution in [2.24, 2.45) is 5.84 Å². The third-order valence-electron chi connectivity index (χ3n) is 2.46. The lowest BCUT2D eigenvalue weighted by molar-refractivity contribution is -0.385. The number of sulfonamides is 1. The van der Waals surface area contributed by atoms with Crippen molar-refractivity contribution in [1.29, 1.82) is 0 Å². The summed E-state index contributed by atoms with van der Waals surface area (Å²) < 4.78 is 62.7. The molecule has 1 aromatic carbocycles. The van der Waals surface area contributed by atoms with Gasteiger partial charge < -0.3 is 5.43 Å². The van der Waals surface area contributed by atoms with Crippen molar-refractivity contribution >= 4 is 21.4 Å². The van der Waals surface area contributed by atoms with E-state index in [1.807, 2.05) is 5.43 Å². The van der Waals surface area contributed by atoms with Gasteiger partial charge in [-0.1, -0.05) is 0 Å². The van der Waals surface area contributed by atoms with Gasteiger partial charge in [-0.2, -0.15) is 4.31 Å². The second-order valence-electron chi connectivity index (χ2n) is 3.88. The summed E-state index contributed by atoms with van der Waals surface area (Å²) in [7, 11) is -3.81. The number of alkyl halides is 2. The number of nitrogens with two attached hydrogens (primary N) is 1. The van der Waals surface area contributed by atoms with Gasteiger partial charge in [0.1, 0.15) is 4.90 Å². The number of rotatable bonds is 6. The molecule has 0 radical (unpaired) electrons. The highest BCUT2D eigenvalue weighted by molar-refractivity contribution is 7.89. The minimum absolute atomic E-state index is 0.225. The average Bonchev–Trinajstić information content (AvgIpc) is 2.36. The Kier molecular flexibility index (Phi) is 5.09. The highest BCUT2D eigenvalue weighted by Gasteiger charge is 2.31.